The summed E-state index contributed by atoms with van der Waals surface area (Å²) in [5.74, 6) is -2.65. The zero-order valence-electron chi connectivity index (χ0n) is 16.1. The minimum absolute atomic E-state index is 0.0594. The van der Waals surface area contributed by atoms with Crippen molar-refractivity contribution in [3.63, 3.8) is 0 Å². The van der Waals surface area contributed by atoms with Crippen LogP contribution in [0.1, 0.15) is 37.1 Å². The third kappa shape index (κ3) is 4.53. The number of rotatable bonds is 3. The molecule has 170 valence electrons. The van der Waals surface area contributed by atoms with Crippen molar-refractivity contribution in [1.29, 1.82) is 0 Å². The predicted molar refractivity (Wildman–Crippen MR) is 93.8 cm³/mol. The Bertz CT molecular complexity index is 941. The van der Waals surface area contributed by atoms with Gasteiger partial charge in [0.05, 0.1) is 5.69 Å². The number of aliphatic hydroxyl groups is 1. The lowest BCUT2D eigenvalue weighted by molar-refractivity contribution is -0.250. The predicted octanol–water partition coefficient (Wildman–Crippen LogP) is 4.05. The topological polar surface area (TPSA) is 58.4 Å². The number of amides is 1. The smallest absolute Gasteiger partial charge is 0.373 e. The number of hydrogen-bond donors (Lipinski definition) is 1. The maximum Gasteiger partial charge on any atom is 0.435 e. The van der Waals surface area contributed by atoms with E-state index in [4.69, 9.17) is 0 Å². The van der Waals surface area contributed by atoms with Crippen LogP contribution in [0.2, 0.25) is 0 Å². The number of benzene rings is 1. The molecule has 1 aromatic heterocycles. The second-order valence-corrected chi connectivity index (χ2v) is 7.48. The summed E-state index contributed by atoms with van der Waals surface area (Å²) in [7, 11) is 0. The molecule has 1 aliphatic heterocycles. The minimum atomic E-state index is -5.16. The van der Waals surface area contributed by atoms with Crippen LogP contribution in [0.5, 0.6) is 0 Å². The van der Waals surface area contributed by atoms with E-state index in [1.165, 1.54) is 12.1 Å². The van der Waals surface area contributed by atoms with E-state index in [9.17, 15) is 40.6 Å². The van der Waals surface area contributed by atoms with E-state index in [0.717, 1.165) is 27.8 Å². The number of halogens is 7. The second kappa shape index (κ2) is 7.81. The third-order valence-corrected chi connectivity index (χ3v) is 5.27. The minimum Gasteiger partial charge on any atom is -0.373 e. The molecule has 0 saturated carbocycles. The fraction of sp³-hybridized carbons (Fsp3) is 0.474. The molecule has 0 aliphatic carbocycles. The molecule has 0 spiro atoms. The van der Waals surface area contributed by atoms with E-state index in [0.29, 0.717) is 6.92 Å². The first-order chi connectivity index (χ1) is 14.2. The van der Waals surface area contributed by atoms with Gasteiger partial charge < -0.3 is 10.0 Å². The van der Waals surface area contributed by atoms with Crippen LogP contribution in [0.4, 0.5) is 30.7 Å². The van der Waals surface area contributed by atoms with Gasteiger partial charge in [-0.1, -0.05) is 0 Å². The second-order valence-electron chi connectivity index (χ2n) is 7.48. The molecule has 5 nitrogen and oxygen atoms in total. The van der Waals surface area contributed by atoms with Crippen molar-refractivity contribution >= 4 is 5.91 Å². The van der Waals surface area contributed by atoms with E-state index in [-0.39, 0.29) is 37.3 Å². The van der Waals surface area contributed by atoms with Gasteiger partial charge in [-0.25, -0.2) is 9.07 Å². The summed E-state index contributed by atoms with van der Waals surface area (Å²) in [5.41, 5.74) is -4.39. The standard InChI is InChI=1S/C19H18F7N3O2/c1-17(31,19(24,25)26)16(30)28-8-6-11(7-9-28)14-10-15(18(21,22)23)27-29(14)13-4-2-12(20)3-5-13/h2-5,10-11,31H,6-9H2,1H3/t17-/m1/s1. The summed E-state index contributed by atoms with van der Waals surface area (Å²) in [5, 5.41) is 13.2. The van der Waals surface area contributed by atoms with Gasteiger partial charge in [0.25, 0.3) is 5.91 Å². The monoisotopic (exact) mass is 453 g/mol. The number of carbonyl (C=O) groups is 1. The molecule has 1 N–H and O–H groups in total. The lowest BCUT2D eigenvalue weighted by Crippen LogP contribution is -2.57. The Morgan fingerprint density at radius 2 is 1.61 bits per heavy atom. The van der Waals surface area contributed by atoms with Crippen LogP contribution in [0.25, 0.3) is 5.69 Å². The molecule has 3 rings (SSSR count). The average molecular weight is 453 g/mol. The van der Waals surface area contributed by atoms with Crippen LogP contribution in [0.3, 0.4) is 0 Å². The van der Waals surface area contributed by atoms with Gasteiger partial charge in [-0.05, 0) is 50.1 Å². The zero-order chi connectivity index (χ0) is 23.2. The van der Waals surface area contributed by atoms with Crippen molar-refractivity contribution in [2.24, 2.45) is 0 Å². The van der Waals surface area contributed by atoms with Crippen LogP contribution < -0.4 is 0 Å². The van der Waals surface area contributed by atoms with E-state index in [2.05, 4.69) is 5.10 Å². The largest absolute Gasteiger partial charge is 0.435 e. The molecule has 1 aliphatic rings. The molecule has 1 atom stereocenters. The Kier molecular flexibility index (Phi) is 5.80. The number of carbonyl (C=O) groups excluding carboxylic acids is 1. The Labute approximate surface area is 172 Å². The van der Waals surface area contributed by atoms with Crippen molar-refractivity contribution in [3.05, 3.63) is 47.5 Å². The molecule has 0 unspecified atom stereocenters. The van der Waals surface area contributed by atoms with Gasteiger partial charge >= 0.3 is 12.4 Å². The number of likely N-dealkylation sites (tertiary alicyclic amines) is 1. The first kappa shape index (κ1) is 23.0. The van der Waals surface area contributed by atoms with E-state index in [1.807, 2.05) is 0 Å². The first-order valence-corrected chi connectivity index (χ1v) is 9.23. The van der Waals surface area contributed by atoms with Gasteiger partial charge in [0.15, 0.2) is 5.69 Å². The number of alkyl halides is 6. The summed E-state index contributed by atoms with van der Waals surface area (Å²) in [4.78, 5) is 13.0. The Morgan fingerprint density at radius 3 is 2.10 bits per heavy atom. The van der Waals surface area contributed by atoms with Gasteiger partial charge in [0.2, 0.25) is 5.60 Å². The lowest BCUT2D eigenvalue weighted by atomic mass is 9.91. The number of aromatic nitrogens is 2. The van der Waals surface area contributed by atoms with Gasteiger partial charge in [-0.3, -0.25) is 4.79 Å². The Morgan fingerprint density at radius 1 is 1.06 bits per heavy atom. The quantitative estimate of drug-likeness (QED) is 0.714. The number of piperidine rings is 1. The molecular weight excluding hydrogens is 435 g/mol. The fourth-order valence-corrected chi connectivity index (χ4v) is 3.42. The molecule has 1 aromatic carbocycles. The van der Waals surface area contributed by atoms with Crippen LogP contribution in [-0.4, -0.2) is 50.6 Å². The molecule has 1 saturated heterocycles. The van der Waals surface area contributed by atoms with Gasteiger partial charge in [-0.2, -0.15) is 31.4 Å². The van der Waals surface area contributed by atoms with E-state index >= 15 is 0 Å². The van der Waals surface area contributed by atoms with Crippen LogP contribution in [-0.2, 0) is 11.0 Å². The van der Waals surface area contributed by atoms with Crippen molar-refractivity contribution in [2.45, 2.75) is 43.6 Å². The third-order valence-electron chi connectivity index (χ3n) is 5.27. The van der Waals surface area contributed by atoms with Crippen LogP contribution in [0, 0.1) is 5.82 Å². The maximum absolute atomic E-state index is 13.2. The van der Waals surface area contributed by atoms with Gasteiger partial charge in [0, 0.05) is 24.7 Å². The van der Waals surface area contributed by atoms with Gasteiger partial charge in [0.1, 0.15) is 5.82 Å². The summed E-state index contributed by atoms with van der Waals surface area (Å²) in [6.45, 7) is -0.0159. The normalized spacial score (nSPS) is 18.2. The zero-order valence-corrected chi connectivity index (χ0v) is 16.1. The molecule has 31 heavy (non-hydrogen) atoms. The van der Waals surface area contributed by atoms with Crippen LogP contribution in [0.15, 0.2) is 30.3 Å². The molecule has 2 aromatic rings. The highest BCUT2D eigenvalue weighted by Gasteiger charge is 2.57. The maximum atomic E-state index is 13.2. The Hall–Kier alpha value is -2.63. The molecular formula is C19H18F7N3O2. The number of nitrogens with zero attached hydrogens (tertiary/aromatic N) is 3. The summed E-state index contributed by atoms with van der Waals surface area (Å²) in [6, 6.07) is 5.48. The molecule has 1 fully saturated rings. The van der Waals surface area contributed by atoms with Crippen molar-refractivity contribution in [1.82, 2.24) is 14.7 Å². The highest BCUT2D eigenvalue weighted by atomic mass is 19.4. The molecule has 2 heterocycles. The highest BCUT2D eigenvalue weighted by Crippen LogP contribution is 2.37. The van der Waals surface area contributed by atoms with Crippen molar-refractivity contribution in [3.8, 4) is 5.69 Å². The van der Waals surface area contributed by atoms with E-state index in [1.54, 1.807) is 0 Å². The highest BCUT2D eigenvalue weighted by molar-refractivity contribution is 5.85. The molecule has 0 bridgehead atoms. The average Bonchev–Trinajstić information content (AvgIpc) is 3.13. The van der Waals surface area contributed by atoms with Crippen molar-refractivity contribution < 1.29 is 40.6 Å². The van der Waals surface area contributed by atoms with Crippen molar-refractivity contribution in [2.75, 3.05) is 13.1 Å². The lowest BCUT2D eigenvalue weighted by Gasteiger charge is -2.36. The molecule has 1 amide bonds. The summed E-state index contributed by atoms with van der Waals surface area (Å²) >= 11 is 0. The summed E-state index contributed by atoms with van der Waals surface area (Å²) in [6.07, 6.45) is -9.78. The van der Waals surface area contributed by atoms with Gasteiger partial charge in [-0.15, -0.1) is 0 Å². The number of hydrogen-bond acceptors (Lipinski definition) is 3. The molecule has 0 radical (unpaired) electrons. The SMILES string of the molecule is C[C@@](O)(C(=O)N1CCC(c2cc(C(F)(F)F)nn2-c2ccc(F)cc2)CC1)C(F)(F)F. The summed E-state index contributed by atoms with van der Waals surface area (Å²) < 4.78 is 92.6. The fourth-order valence-electron chi connectivity index (χ4n) is 3.42. The molecule has 12 heteroatoms. The van der Waals surface area contributed by atoms with E-state index < -0.39 is 41.3 Å². The van der Waals surface area contributed by atoms with Crippen LogP contribution >= 0.6 is 0 Å². The first-order valence-electron chi connectivity index (χ1n) is 9.23. The Balaban J connectivity index is 1.85.